The topological polar surface area (TPSA) is 72.5 Å². The van der Waals surface area contributed by atoms with Gasteiger partial charge >= 0.3 is 0 Å². The smallest absolute Gasteiger partial charge is 0.268 e. The number of rotatable bonds is 5. The van der Waals surface area contributed by atoms with Crippen LogP contribution in [-0.4, -0.2) is 54.8 Å². The molecule has 0 bridgehead atoms. The second-order valence-electron chi connectivity index (χ2n) is 5.37. The van der Waals surface area contributed by atoms with Crippen LogP contribution in [0, 0.1) is 0 Å². The van der Waals surface area contributed by atoms with E-state index >= 15 is 0 Å². The van der Waals surface area contributed by atoms with Gasteiger partial charge in [-0.1, -0.05) is 0 Å². The third-order valence-electron chi connectivity index (χ3n) is 3.48. The SMILES string of the molecule is CC(C)n1cc(N)cc1C(=O)NCCN1CCOCC1. The van der Waals surface area contributed by atoms with Gasteiger partial charge in [-0.25, -0.2) is 0 Å². The molecule has 1 aromatic heterocycles. The van der Waals surface area contributed by atoms with Crippen molar-refractivity contribution in [1.82, 2.24) is 14.8 Å². The second-order valence-corrected chi connectivity index (χ2v) is 5.37. The molecule has 1 aromatic rings. The summed E-state index contributed by atoms with van der Waals surface area (Å²) in [5.41, 5.74) is 7.02. The molecule has 0 spiro atoms. The summed E-state index contributed by atoms with van der Waals surface area (Å²) in [4.78, 5) is 14.5. The van der Waals surface area contributed by atoms with Crippen LogP contribution in [0.1, 0.15) is 30.4 Å². The summed E-state index contributed by atoms with van der Waals surface area (Å²) in [6.07, 6.45) is 1.81. The zero-order valence-electron chi connectivity index (χ0n) is 12.3. The first-order valence-corrected chi connectivity index (χ1v) is 7.13. The number of aromatic nitrogens is 1. The summed E-state index contributed by atoms with van der Waals surface area (Å²) in [5.74, 6) is -0.0661. The molecule has 6 nitrogen and oxygen atoms in total. The average Bonchev–Trinajstić information content (AvgIpc) is 2.82. The Morgan fingerprint density at radius 1 is 1.45 bits per heavy atom. The fraction of sp³-hybridized carbons (Fsp3) is 0.643. The Labute approximate surface area is 119 Å². The lowest BCUT2D eigenvalue weighted by molar-refractivity contribution is 0.0383. The van der Waals surface area contributed by atoms with Crippen molar-refractivity contribution in [2.24, 2.45) is 0 Å². The van der Waals surface area contributed by atoms with Gasteiger partial charge in [0, 0.05) is 38.4 Å². The number of anilines is 1. The highest BCUT2D eigenvalue weighted by Crippen LogP contribution is 2.16. The summed E-state index contributed by atoms with van der Waals surface area (Å²) in [6.45, 7) is 8.99. The Kier molecular flexibility index (Phi) is 5.03. The van der Waals surface area contributed by atoms with Crippen molar-refractivity contribution in [3.8, 4) is 0 Å². The van der Waals surface area contributed by atoms with Gasteiger partial charge in [0.05, 0.1) is 18.9 Å². The largest absolute Gasteiger partial charge is 0.397 e. The minimum absolute atomic E-state index is 0.0661. The van der Waals surface area contributed by atoms with Crippen molar-refractivity contribution in [1.29, 1.82) is 0 Å². The standard InChI is InChI=1S/C14H24N4O2/c1-11(2)18-10-12(15)9-13(18)14(19)16-3-4-17-5-7-20-8-6-17/h9-11H,3-8,15H2,1-2H3,(H,16,19). The van der Waals surface area contributed by atoms with Gasteiger partial charge in [-0.3, -0.25) is 9.69 Å². The zero-order valence-corrected chi connectivity index (χ0v) is 12.3. The van der Waals surface area contributed by atoms with Gasteiger partial charge in [0.1, 0.15) is 5.69 Å². The van der Waals surface area contributed by atoms with Gasteiger partial charge in [0.25, 0.3) is 5.91 Å². The first-order valence-electron chi connectivity index (χ1n) is 7.13. The first kappa shape index (κ1) is 14.9. The molecule has 1 amide bonds. The minimum Gasteiger partial charge on any atom is -0.397 e. The van der Waals surface area contributed by atoms with Crippen molar-refractivity contribution in [2.75, 3.05) is 45.1 Å². The van der Waals surface area contributed by atoms with Crippen molar-refractivity contribution >= 4 is 11.6 Å². The van der Waals surface area contributed by atoms with Crippen LogP contribution in [0.4, 0.5) is 5.69 Å². The van der Waals surface area contributed by atoms with Crippen molar-refractivity contribution in [3.63, 3.8) is 0 Å². The van der Waals surface area contributed by atoms with E-state index in [9.17, 15) is 4.79 Å². The highest BCUT2D eigenvalue weighted by Gasteiger charge is 2.15. The fourth-order valence-corrected chi connectivity index (χ4v) is 2.35. The van der Waals surface area contributed by atoms with E-state index in [2.05, 4.69) is 10.2 Å². The summed E-state index contributed by atoms with van der Waals surface area (Å²) in [7, 11) is 0. The highest BCUT2D eigenvalue weighted by atomic mass is 16.5. The average molecular weight is 280 g/mol. The molecule has 0 unspecified atom stereocenters. The second kappa shape index (κ2) is 6.76. The Balaban J connectivity index is 1.85. The van der Waals surface area contributed by atoms with Gasteiger partial charge < -0.3 is 20.4 Å². The molecule has 2 rings (SSSR count). The van der Waals surface area contributed by atoms with Crippen molar-refractivity contribution in [3.05, 3.63) is 18.0 Å². The molecular weight excluding hydrogens is 256 g/mol. The monoisotopic (exact) mass is 280 g/mol. The quantitative estimate of drug-likeness (QED) is 0.833. The van der Waals surface area contributed by atoms with Crippen LogP contribution in [0.2, 0.25) is 0 Å². The summed E-state index contributed by atoms with van der Waals surface area (Å²) in [5, 5.41) is 2.96. The van der Waals surface area contributed by atoms with E-state index in [0.717, 1.165) is 32.8 Å². The van der Waals surface area contributed by atoms with E-state index in [4.69, 9.17) is 10.5 Å². The predicted molar refractivity (Wildman–Crippen MR) is 78.8 cm³/mol. The number of hydrogen-bond donors (Lipinski definition) is 2. The lowest BCUT2D eigenvalue weighted by Crippen LogP contribution is -2.41. The molecule has 1 fully saturated rings. The third kappa shape index (κ3) is 3.74. The number of nitrogen functional groups attached to an aromatic ring is 1. The van der Waals surface area contributed by atoms with Crippen LogP contribution in [0.25, 0.3) is 0 Å². The molecular formula is C14H24N4O2. The van der Waals surface area contributed by atoms with Gasteiger partial charge in [-0.15, -0.1) is 0 Å². The lowest BCUT2D eigenvalue weighted by atomic mass is 10.3. The summed E-state index contributed by atoms with van der Waals surface area (Å²) < 4.78 is 7.20. The molecule has 0 aromatic carbocycles. The summed E-state index contributed by atoms with van der Waals surface area (Å²) >= 11 is 0. The number of nitrogens with one attached hydrogen (secondary N) is 1. The van der Waals surface area contributed by atoms with Crippen LogP contribution >= 0.6 is 0 Å². The van der Waals surface area contributed by atoms with E-state index in [-0.39, 0.29) is 11.9 Å². The maximum Gasteiger partial charge on any atom is 0.268 e. The number of amides is 1. The fourth-order valence-electron chi connectivity index (χ4n) is 2.35. The molecule has 0 aliphatic carbocycles. The van der Waals surface area contributed by atoms with E-state index in [1.807, 2.05) is 24.6 Å². The van der Waals surface area contributed by atoms with Crippen LogP contribution in [0.5, 0.6) is 0 Å². The Morgan fingerprint density at radius 3 is 2.80 bits per heavy atom. The van der Waals surface area contributed by atoms with Crippen molar-refractivity contribution in [2.45, 2.75) is 19.9 Å². The van der Waals surface area contributed by atoms with Crippen LogP contribution in [0.3, 0.4) is 0 Å². The van der Waals surface area contributed by atoms with Crippen LogP contribution in [-0.2, 0) is 4.74 Å². The Bertz CT molecular complexity index is 450. The molecule has 0 radical (unpaired) electrons. The number of nitrogens with zero attached hydrogens (tertiary/aromatic N) is 2. The molecule has 1 aliphatic rings. The lowest BCUT2D eigenvalue weighted by Gasteiger charge is -2.26. The molecule has 0 saturated carbocycles. The van der Waals surface area contributed by atoms with Gasteiger partial charge in [0.15, 0.2) is 0 Å². The molecule has 2 heterocycles. The molecule has 112 valence electrons. The zero-order chi connectivity index (χ0) is 14.5. The Morgan fingerprint density at radius 2 is 2.15 bits per heavy atom. The van der Waals surface area contributed by atoms with E-state index in [1.165, 1.54) is 0 Å². The van der Waals surface area contributed by atoms with E-state index < -0.39 is 0 Å². The number of carbonyl (C=O) groups is 1. The molecule has 6 heteroatoms. The van der Waals surface area contributed by atoms with E-state index in [1.54, 1.807) is 6.07 Å². The maximum atomic E-state index is 12.2. The minimum atomic E-state index is -0.0661. The van der Waals surface area contributed by atoms with Gasteiger partial charge in [-0.2, -0.15) is 0 Å². The van der Waals surface area contributed by atoms with Crippen molar-refractivity contribution < 1.29 is 9.53 Å². The van der Waals surface area contributed by atoms with E-state index in [0.29, 0.717) is 17.9 Å². The van der Waals surface area contributed by atoms with Crippen LogP contribution in [0.15, 0.2) is 12.3 Å². The maximum absolute atomic E-state index is 12.2. The normalized spacial score (nSPS) is 16.6. The van der Waals surface area contributed by atoms with Gasteiger partial charge in [-0.05, 0) is 19.9 Å². The molecule has 1 aliphatic heterocycles. The van der Waals surface area contributed by atoms with Gasteiger partial charge in [0.2, 0.25) is 0 Å². The number of nitrogens with two attached hydrogens (primary N) is 1. The molecule has 1 saturated heterocycles. The number of morpholine rings is 1. The first-order chi connectivity index (χ1) is 9.58. The molecule has 0 atom stereocenters. The number of carbonyl (C=O) groups excluding carboxylic acids is 1. The van der Waals surface area contributed by atoms with Crippen LogP contribution < -0.4 is 11.1 Å². The molecule has 3 N–H and O–H groups in total. The predicted octanol–water partition coefficient (Wildman–Crippen LogP) is 0.713. The third-order valence-corrected chi connectivity index (χ3v) is 3.48. The Hall–Kier alpha value is -1.53. The number of ether oxygens (including phenoxy) is 1. The molecule has 20 heavy (non-hydrogen) atoms. The summed E-state index contributed by atoms with van der Waals surface area (Å²) in [6, 6.07) is 1.94. The highest BCUT2D eigenvalue weighted by molar-refractivity contribution is 5.93. The number of hydrogen-bond acceptors (Lipinski definition) is 4.